The van der Waals surface area contributed by atoms with E-state index >= 15 is 0 Å². The van der Waals surface area contributed by atoms with Crippen molar-refractivity contribution in [3.63, 3.8) is 0 Å². The van der Waals surface area contributed by atoms with Crippen molar-refractivity contribution in [2.24, 2.45) is 5.92 Å². The number of hydrogen-bond acceptors (Lipinski definition) is 1. The number of carbonyl (C=O) groups excluding carboxylic acids is 1. The van der Waals surface area contributed by atoms with E-state index in [-0.39, 0.29) is 11.7 Å². The highest BCUT2D eigenvalue weighted by atomic mass is 35.5. The molecule has 1 aliphatic rings. The van der Waals surface area contributed by atoms with Gasteiger partial charge in [0.25, 0.3) is 0 Å². The van der Waals surface area contributed by atoms with Crippen molar-refractivity contribution in [1.82, 2.24) is 0 Å². The van der Waals surface area contributed by atoms with E-state index in [1.54, 1.807) is 12.1 Å². The van der Waals surface area contributed by atoms with Crippen LogP contribution in [0.25, 0.3) is 0 Å². The molecule has 3 heteroatoms. The van der Waals surface area contributed by atoms with Crippen LogP contribution in [-0.2, 0) is 11.2 Å². The molecule has 1 fully saturated rings. The summed E-state index contributed by atoms with van der Waals surface area (Å²) in [5, 5.41) is 0.470. The molecule has 2 rings (SSSR count). The number of ketones is 1. The lowest BCUT2D eigenvalue weighted by Gasteiger charge is -2.21. The number of hydrogen-bond donors (Lipinski definition) is 0. The zero-order valence-corrected chi connectivity index (χ0v) is 9.77. The fourth-order valence-electron chi connectivity index (χ4n) is 2.30. The standard InChI is InChI=1S/C13H14ClFO/c14-12-5-2-6-13(15)11(12)8-9-3-1-4-10(16)7-9/h2,5-6,9H,1,3-4,7-8H2. The Hall–Kier alpha value is -0.890. The first kappa shape index (κ1) is 11.6. The van der Waals surface area contributed by atoms with Crippen molar-refractivity contribution in [3.05, 3.63) is 34.6 Å². The molecule has 0 heterocycles. The van der Waals surface area contributed by atoms with Crippen molar-refractivity contribution < 1.29 is 9.18 Å². The second-order valence-electron chi connectivity index (χ2n) is 4.41. The lowest BCUT2D eigenvalue weighted by atomic mass is 9.84. The van der Waals surface area contributed by atoms with Crippen molar-refractivity contribution in [3.8, 4) is 0 Å². The van der Waals surface area contributed by atoms with E-state index in [1.807, 2.05) is 0 Å². The molecule has 0 aliphatic heterocycles. The molecule has 0 spiro atoms. The van der Waals surface area contributed by atoms with Crippen molar-refractivity contribution in [1.29, 1.82) is 0 Å². The summed E-state index contributed by atoms with van der Waals surface area (Å²) in [4.78, 5) is 11.3. The van der Waals surface area contributed by atoms with Gasteiger partial charge in [0, 0.05) is 23.4 Å². The largest absolute Gasteiger partial charge is 0.300 e. The molecule has 0 bridgehead atoms. The van der Waals surface area contributed by atoms with Crippen LogP contribution in [0.4, 0.5) is 4.39 Å². The SMILES string of the molecule is O=C1CCCC(Cc2c(F)cccc2Cl)C1. The highest BCUT2D eigenvalue weighted by molar-refractivity contribution is 6.31. The molecule has 0 N–H and O–H groups in total. The fraction of sp³-hybridized carbons (Fsp3) is 0.462. The van der Waals surface area contributed by atoms with Gasteiger partial charge < -0.3 is 0 Å². The zero-order valence-electron chi connectivity index (χ0n) is 9.01. The number of benzene rings is 1. The summed E-state index contributed by atoms with van der Waals surface area (Å²) < 4.78 is 13.5. The minimum Gasteiger partial charge on any atom is -0.300 e. The zero-order chi connectivity index (χ0) is 11.5. The molecular weight excluding hydrogens is 227 g/mol. The molecule has 0 amide bonds. The topological polar surface area (TPSA) is 17.1 Å². The van der Waals surface area contributed by atoms with E-state index in [1.165, 1.54) is 6.07 Å². The maximum absolute atomic E-state index is 13.5. The molecular formula is C13H14ClFO. The summed E-state index contributed by atoms with van der Waals surface area (Å²) in [5.74, 6) is 0.296. The molecule has 1 aromatic rings. The second-order valence-corrected chi connectivity index (χ2v) is 4.81. The summed E-state index contributed by atoms with van der Waals surface area (Å²) in [6.45, 7) is 0. The van der Waals surface area contributed by atoms with Crippen molar-refractivity contribution >= 4 is 17.4 Å². The van der Waals surface area contributed by atoms with Crippen molar-refractivity contribution in [2.45, 2.75) is 32.1 Å². The Bertz CT molecular complexity index is 383. The first-order valence-corrected chi connectivity index (χ1v) is 5.99. The monoisotopic (exact) mass is 240 g/mol. The smallest absolute Gasteiger partial charge is 0.133 e. The Kier molecular flexibility index (Phi) is 3.59. The van der Waals surface area contributed by atoms with Gasteiger partial charge in [0.1, 0.15) is 11.6 Å². The minimum atomic E-state index is -0.259. The molecule has 0 aromatic heterocycles. The van der Waals surface area contributed by atoms with E-state index in [9.17, 15) is 9.18 Å². The lowest BCUT2D eigenvalue weighted by molar-refractivity contribution is -0.121. The Balaban J connectivity index is 2.11. The molecule has 86 valence electrons. The molecule has 1 aromatic carbocycles. The summed E-state index contributed by atoms with van der Waals surface area (Å²) in [6, 6.07) is 4.73. The van der Waals surface area contributed by atoms with Crippen LogP contribution in [0, 0.1) is 11.7 Å². The predicted octanol–water partition coefficient (Wildman–Crippen LogP) is 3.78. The van der Waals surface area contributed by atoms with Crippen LogP contribution in [0.15, 0.2) is 18.2 Å². The Morgan fingerprint density at radius 2 is 2.25 bits per heavy atom. The van der Waals surface area contributed by atoms with Crippen LogP contribution < -0.4 is 0 Å². The van der Waals surface area contributed by atoms with Crippen molar-refractivity contribution in [2.75, 3.05) is 0 Å². The Labute approximate surface area is 99.6 Å². The van der Waals surface area contributed by atoms with Gasteiger partial charge in [-0.25, -0.2) is 4.39 Å². The molecule has 0 saturated heterocycles. The maximum Gasteiger partial charge on any atom is 0.133 e. The van der Waals surface area contributed by atoms with E-state index in [4.69, 9.17) is 11.6 Å². The summed E-state index contributed by atoms with van der Waals surface area (Å²) in [5.41, 5.74) is 0.559. The van der Waals surface area contributed by atoms with E-state index < -0.39 is 0 Å². The lowest BCUT2D eigenvalue weighted by Crippen LogP contribution is -2.17. The summed E-state index contributed by atoms with van der Waals surface area (Å²) in [6.07, 6.45) is 3.76. The molecule has 0 radical (unpaired) electrons. The summed E-state index contributed by atoms with van der Waals surface area (Å²) in [7, 11) is 0. The van der Waals surface area contributed by atoms with Crippen LogP contribution in [0.1, 0.15) is 31.2 Å². The van der Waals surface area contributed by atoms with Gasteiger partial charge >= 0.3 is 0 Å². The van der Waals surface area contributed by atoms with Crippen LogP contribution in [0.2, 0.25) is 5.02 Å². The van der Waals surface area contributed by atoms with Crippen LogP contribution in [-0.4, -0.2) is 5.78 Å². The number of halogens is 2. The predicted molar refractivity (Wildman–Crippen MR) is 62.1 cm³/mol. The van der Waals surface area contributed by atoms with Gasteiger partial charge in [-0.2, -0.15) is 0 Å². The minimum absolute atomic E-state index is 0.259. The third-order valence-electron chi connectivity index (χ3n) is 3.14. The van der Waals surface area contributed by atoms with Gasteiger partial charge in [-0.1, -0.05) is 17.7 Å². The molecule has 1 atom stereocenters. The highest BCUT2D eigenvalue weighted by Crippen LogP contribution is 2.29. The summed E-state index contributed by atoms with van der Waals surface area (Å²) >= 11 is 5.96. The van der Waals surface area contributed by atoms with Gasteiger partial charge in [-0.05, 0) is 37.3 Å². The van der Waals surface area contributed by atoms with Crippen LogP contribution >= 0.6 is 11.6 Å². The van der Waals surface area contributed by atoms with Gasteiger partial charge in [-0.15, -0.1) is 0 Å². The van der Waals surface area contributed by atoms with Crippen LogP contribution in [0.5, 0.6) is 0 Å². The third-order valence-corrected chi connectivity index (χ3v) is 3.49. The third kappa shape index (κ3) is 2.62. The quantitative estimate of drug-likeness (QED) is 0.769. The number of carbonyl (C=O) groups is 1. The normalized spacial score (nSPS) is 21.1. The second kappa shape index (κ2) is 4.96. The first-order valence-electron chi connectivity index (χ1n) is 5.61. The van der Waals surface area contributed by atoms with E-state index in [2.05, 4.69) is 0 Å². The van der Waals surface area contributed by atoms with E-state index in [0.717, 1.165) is 12.8 Å². The maximum atomic E-state index is 13.5. The Morgan fingerprint density at radius 3 is 2.94 bits per heavy atom. The van der Waals surface area contributed by atoms with Gasteiger partial charge in [0.2, 0.25) is 0 Å². The highest BCUT2D eigenvalue weighted by Gasteiger charge is 2.21. The van der Waals surface area contributed by atoms with Gasteiger partial charge in [-0.3, -0.25) is 4.79 Å². The first-order chi connectivity index (χ1) is 7.66. The fourth-order valence-corrected chi connectivity index (χ4v) is 2.54. The van der Waals surface area contributed by atoms with Crippen LogP contribution in [0.3, 0.4) is 0 Å². The molecule has 1 unspecified atom stereocenters. The average molecular weight is 241 g/mol. The van der Waals surface area contributed by atoms with Gasteiger partial charge in [0.15, 0.2) is 0 Å². The van der Waals surface area contributed by atoms with E-state index in [0.29, 0.717) is 35.6 Å². The molecule has 16 heavy (non-hydrogen) atoms. The average Bonchev–Trinajstić information content (AvgIpc) is 2.24. The Morgan fingerprint density at radius 1 is 1.44 bits per heavy atom. The molecule has 1 aliphatic carbocycles. The molecule has 1 saturated carbocycles. The molecule has 1 nitrogen and oxygen atoms in total. The number of rotatable bonds is 2. The van der Waals surface area contributed by atoms with Gasteiger partial charge in [0.05, 0.1) is 0 Å². The number of Topliss-reactive ketones (excluding diaryl/α,β-unsaturated/α-hetero) is 1.